The van der Waals surface area contributed by atoms with Gasteiger partial charge < -0.3 is 14.7 Å². The molecule has 2 aliphatic rings. The Balaban J connectivity index is 1.52. The summed E-state index contributed by atoms with van der Waals surface area (Å²) >= 11 is 0. The number of carbonyl (C=O) groups excluding carboxylic acids is 1. The molecular formula is C14H22N4O3. The van der Waals surface area contributed by atoms with E-state index in [2.05, 4.69) is 10.00 Å². The number of aromatic nitrogens is 2. The molecule has 3 heterocycles. The van der Waals surface area contributed by atoms with Gasteiger partial charge >= 0.3 is 0 Å². The second-order valence-electron chi connectivity index (χ2n) is 5.88. The van der Waals surface area contributed by atoms with Crippen LogP contribution >= 0.6 is 0 Å². The monoisotopic (exact) mass is 294 g/mol. The zero-order valence-corrected chi connectivity index (χ0v) is 12.1. The standard InChI is InChI=1S/C14H22N4O3/c19-13(10-18-4-1-3-15-18)17-5-2-14(20,12-17)11-16-6-8-21-9-7-16/h1,3-4,20H,2,5-12H2. The van der Waals surface area contributed by atoms with Gasteiger partial charge in [-0.2, -0.15) is 5.10 Å². The summed E-state index contributed by atoms with van der Waals surface area (Å²) in [6, 6.07) is 1.80. The first-order chi connectivity index (χ1) is 10.1. The molecule has 3 rings (SSSR count). The largest absolute Gasteiger partial charge is 0.387 e. The molecular weight excluding hydrogens is 272 g/mol. The lowest BCUT2D eigenvalue weighted by Crippen LogP contribution is -2.49. The predicted molar refractivity (Wildman–Crippen MR) is 75.6 cm³/mol. The number of hydrogen-bond acceptors (Lipinski definition) is 5. The minimum absolute atomic E-state index is 0.0107. The van der Waals surface area contributed by atoms with Crippen molar-refractivity contribution in [3.63, 3.8) is 0 Å². The fourth-order valence-corrected chi connectivity index (χ4v) is 3.01. The van der Waals surface area contributed by atoms with Gasteiger partial charge in [-0.25, -0.2) is 0 Å². The topological polar surface area (TPSA) is 70.8 Å². The zero-order chi connectivity index (χ0) is 14.7. The number of carbonyl (C=O) groups is 1. The number of nitrogens with zero attached hydrogens (tertiary/aromatic N) is 4. The molecule has 1 aromatic rings. The number of hydrogen-bond donors (Lipinski definition) is 1. The normalized spacial score (nSPS) is 27.2. The van der Waals surface area contributed by atoms with Crippen molar-refractivity contribution in [1.29, 1.82) is 0 Å². The molecule has 0 aromatic carbocycles. The summed E-state index contributed by atoms with van der Waals surface area (Å²) in [6.07, 6.45) is 4.06. The average molecular weight is 294 g/mol. The fourth-order valence-electron chi connectivity index (χ4n) is 3.01. The van der Waals surface area contributed by atoms with Crippen molar-refractivity contribution < 1.29 is 14.6 Å². The SMILES string of the molecule is O=C(Cn1cccn1)N1CCC(O)(CN2CCOCC2)C1. The highest BCUT2D eigenvalue weighted by molar-refractivity contribution is 5.76. The molecule has 0 radical (unpaired) electrons. The number of amides is 1. The summed E-state index contributed by atoms with van der Waals surface area (Å²) in [6.45, 7) is 5.01. The van der Waals surface area contributed by atoms with Gasteiger partial charge in [0, 0.05) is 38.6 Å². The fraction of sp³-hybridized carbons (Fsp3) is 0.714. The van der Waals surface area contributed by atoms with E-state index < -0.39 is 5.60 Å². The van der Waals surface area contributed by atoms with Gasteiger partial charge in [0.05, 0.1) is 25.4 Å². The van der Waals surface area contributed by atoms with Crippen molar-refractivity contribution >= 4 is 5.91 Å². The molecule has 1 aromatic heterocycles. The van der Waals surface area contributed by atoms with Crippen molar-refractivity contribution in [3.8, 4) is 0 Å². The first-order valence-corrected chi connectivity index (χ1v) is 7.42. The van der Waals surface area contributed by atoms with Gasteiger partial charge in [0.15, 0.2) is 0 Å². The maximum Gasteiger partial charge on any atom is 0.244 e. The molecule has 0 spiro atoms. The van der Waals surface area contributed by atoms with Crippen molar-refractivity contribution in [3.05, 3.63) is 18.5 Å². The highest BCUT2D eigenvalue weighted by Gasteiger charge is 2.39. The Hall–Kier alpha value is -1.44. The van der Waals surface area contributed by atoms with E-state index in [9.17, 15) is 9.90 Å². The quantitative estimate of drug-likeness (QED) is 0.785. The lowest BCUT2D eigenvalue weighted by atomic mass is 10.0. The van der Waals surface area contributed by atoms with Crippen LogP contribution in [0.3, 0.4) is 0 Å². The van der Waals surface area contributed by atoms with E-state index in [-0.39, 0.29) is 12.5 Å². The summed E-state index contributed by atoms with van der Waals surface area (Å²) in [5, 5.41) is 14.7. The highest BCUT2D eigenvalue weighted by Crippen LogP contribution is 2.23. The lowest BCUT2D eigenvalue weighted by Gasteiger charge is -2.33. The third-order valence-electron chi connectivity index (χ3n) is 4.16. The molecule has 0 bridgehead atoms. The second-order valence-corrected chi connectivity index (χ2v) is 5.88. The molecule has 2 saturated heterocycles. The smallest absolute Gasteiger partial charge is 0.244 e. The Labute approximate surface area is 124 Å². The van der Waals surface area contributed by atoms with E-state index >= 15 is 0 Å². The van der Waals surface area contributed by atoms with E-state index in [4.69, 9.17) is 4.74 Å². The highest BCUT2D eigenvalue weighted by atomic mass is 16.5. The molecule has 2 fully saturated rings. The van der Waals surface area contributed by atoms with Crippen molar-refractivity contribution in [1.82, 2.24) is 19.6 Å². The Bertz CT molecular complexity index is 473. The Morgan fingerprint density at radius 3 is 2.86 bits per heavy atom. The lowest BCUT2D eigenvalue weighted by molar-refractivity contribution is -0.132. The number of aliphatic hydroxyl groups is 1. The van der Waals surface area contributed by atoms with Crippen molar-refractivity contribution in [2.24, 2.45) is 0 Å². The molecule has 1 N–H and O–H groups in total. The first-order valence-electron chi connectivity index (χ1n) is 7.42. The third kappa shape index (κ3) is 3.61. The summed E-state index contributed by atoms with van der Waals surface area (Å²) < 4.78 is 6.93. The molecule has 1 atom stereocenters. The zero-order valence-electron chi connectivity index (χ0n) is 12.1. The van der Waals surface area contributed by atoms with Crippen LogP contribution in [0.15, 0.2) is 18.5 Å². The van der Waals surface area contributed by atoms with E-state index in [0.29, 0.717) is 26.1 Å². The Morgan fingerprint density at radius 1 is 1.33 bits per heavy atom. The summed E-state index contributed by atoms with van der Waals surface area (Å²) in [7, 11) is 0. The van der Waals surface area contributed by atoms with Crippen LogP contribution in [0.5, 0.6) is 0 Å². The average Bonchev–Trinajstić information content (AvgIpc) is 3.10. The number of β-amino-alcohol motifs (C(OH)–C–C–N with tert-alkyl or cyclic N) is 1. The van der Waals surface area contributed by atoms with Crippen LogP contribution in [0.2, 0.25) is 0 Å². The maximum absolute atomic E-state index is 12.2. The van der Waals surface area contributed by atoms with Crippen LogP contribution in [0, 0.1) is 0 Å². The van der Waals surface area contributed by atoms with Gasteiger partial charge in [0.25, 0.3) is 0 Å². The molecule has 1 amide bonds. The Kier molecular flexibility index (Phi) is 4.23. The van der Waals surface area contributed by atoms with Crippen LogP contribution in [0.1, 0.15) is 6.42 Å². The number of rotatable bonds is 4. The molecule has 2 aliphatic heterocycles. The minimum atomic E-state index is -0.795. The second kappa shape index (κ2) is 6.13. The predicted octanol–water partition coefficient (Wildman–Crippen LogP) is -0.821. The number of ether oxygens (including phenoxy) is 1. The van der Waals surface area contributed by atoms with E-state index in [1.807, 2.05) is 0 Å². The van der Waals surface area contributed by atoms with Crippen LogP contribution in [-0.2, 0) is 16.1 Å². The van der Waals surface area contributed by atoms with Gasteiger partial charge in [-0.15, -0.1) is 0 Å². The van der Waals surface area contributed by atoms with Crippen LogP contribution in [-0.4, -0.2) is 82.1 Å². The van der Waals surface area contributed by atoms with Gasteiger partial charge in [0.1, 0.15) is 6.54 Å². The molecule has 1 unspecified atom stereocenters. The molecule has 0 aliphatic carbocycles. The van der Waals surface area contributed by atoms with Gasteiger partial charge in [-0.1, -0.05) is 0 Å². The van der Waals surface area contributed by atoms with E-state index in [1.165, 1.54) is 0 Å². The van der Waals surface area contributed by atoms with Crippen LogP contribution in [0.4, 0.5) is 0 Å². The van der Waals surface area contributed by atoms with Gasteiger partial charge in [-0.05, 0) is 12.5 Å². The van der Waals surface area contributed by atoms with Gasteiger partial charge in [-0.3, -0.25) is 14.4 Å². The van der Waals surface area contributed by atoms with E-state index in [1.54, 1.807) is 28.0 Å². The number of morpholine rings is 1. The van der Waals surface area contributed by atoms with E-state index in [0.717, 1.165) is 26.3 Å². The molecule has 0 saturated carbocycles. The molecule has 21 heavy (non-hydrogen) atoms. The molecule has 116 valence electrons. The third-order valence-corrected chi connectivity index (χ3v) is 4.16. The summed E-state index contributed by atoms with van der Waals surface area (Å²) in [5.74, 6) is 0.0107. The molecule has 7 heteroatoms. The Morgan fingerprint density at radius 2 is 2.14 bits per heavy atom. The minimum Gasteiger partial charge on any atom is -0.387 e. The van der Waals surface area contributed by atoms with Crippen molar-refractivity contribution in [2.45, 2.75) is 18.6 Å². The molecule has 7 nitrogen and oxygen atoms in total. The van der Waals surface area contributed by atoms with Gasteiger partial charge in [0.2, 0.25) is 5.91 Å². The van der Waals surface area contributed by atoms with Crippen LogP contribution in [0.25, 0.3) is 0 Å². The maximum atomic E-state index is 12.2. The number of likely N-dealkylation sites (tertiary alicyclic amines) is 1. The summed E-state index contributed by atoms with van der Waals surface area (Å²) in [4.78, 5) is 16.2. The first kappa shape index (κ1) is 14.5. The summed E-state index contributed by atoms with van der Waals surface area (Å²) in [5.41, 5.74) is -0.795. The van der Waals surface area contributed by atoms with Crippen LogP contribution < -0.4 is 0 Å². The van der Waals surface area contributed by atoms with Crippen molar-refractivity contribution in [2.75, 3.05) is 45.9 Å².